The average molecular weight is 426 g/mol. The molecule has 2 N–H and O–H groups in total. The lowest BCUT2D eigenvalue weighted by Gasteiger charge is -2.38. The average Bonchev–Trinajstić information content (AvgIpc) is 3.35. The minimum Gasteiger partial charge on any atom is -0.370 e. The molecule has 0 saturated carbocycles. The molecule has 8 nitrogen and oxygen atoms in total. The van der Waals surface area contributed by atoms with E-state index in [9.17, 15) is 17.2 Å². The van der Waals surface area contributed by atoms with Crippen LogP contribution in [0.2, 0.25) is 0 Å². The highest BCUT2D eigenvalue weighted by Gasteiger charge is 2.42. The highest BCUT2D eigenvalue weighted by molar-refractivity contribution is 7.90. The van der Waals surface area contributed by atoms with Crippen LogP contribution in [-0.2, 0) is 32.6 Å². The van der Waals surface area contributed by atoms with Gasteiger partial charge in [-0.25, -0.2) is 17.2 Å². The lowest BCUT2D eigenvalue weighted by Crippen LogP contribution is -2.47. The van der Waals surface area contributed by atoms with Gasteiger partial charge < -0.3 is 15.2 Å². The fourth-order valence-electron chi connectivity index (χ4n) is 4.02. The van der Waals surface area contributed by atoms with E-state index in [1.165, 1.54) is 6.20 Å². The number of epoxide rings is 1. The summed E-state index contributed by atoms with van der Waals surface area (Å²) in [5, 5.41) is 4.22. The summed E-state index contributed by atoms with van der Waals surface area (Å²) < 4.78 is 63.7. The molecule has 1 unspecified atom stereocenters. The fourth-order valence-corrected chi connectivity index (χ4v) is 5.17. The van der Waals surface area contributed by atoms with E-state index in [0.717, 1.165) is 27.8 Å². The van der Waals surface area contributed by atoms with Crippen LogP contribution in [0.15, 0.2) is 24.4 Å². The van der Waals surface area contributed by atoms with Gasteiger partial charge in [0.15, 0.2) is 0 Å². The summed E-state index contributed by atoms with van der Waals surface area (Å²) in [6.45, 7) is 1.51. The first-order valence-corrected chi connectivity index (χ1v) is 10.8. The number of hydrogen-bond donors (Lipinski definition) is 1. The van der Waals surface area contributed by atoms with Gasteiger partial charge in [0.1, 0.15) is 17.7 Å². The number of benzene rings is 1. The van der Waals surface area contributed by atoms with Crippen molar-refractivity contribution in [3.05, 3.63) is 52.9 Å². The first kappa shape index (κ1) is 19.1. The largest absolute Gasteiger partial charge is 0.370 e. The second-order valence-corrected chi connectivity index (χ2v) is 9.59. The highest BCUT2D eigenvalue weighted by Crippen LogP contribution is 2.34. The van der Waals surface area contributed by atoms with Crippen molar-refractivity contribution in [1.82, 2.24) is 14.1 Å². The number of rotatable bonds is 4. The van der Waals surface area contributed by atoms with Crippen LogP contribution in [0, 0.1) is 11.6 Å². The van der Waals surface area contributed by atoms with E-state index < -0.39 is 39.2 Å². The Morgan fingerprint density at radius 1 is 1.17 bits per heavy atom. The van der Waals surface area contributed by atoms with Crippen molar-refractivity contribution in [3.8, 4) is 0 Å². The Labute approximate surface area is 166 Å². The fraction of sp³-hybridized carbons (Fsp3) is 0.500. The topological polar surface area (TPSA) is 103 Å². The third-order valence-electron chi connectivity index (χ3n) is 5.66. The molecule has 11 heteroatoms. The van der Waals surface area contributed by atoms with E-state index in [0.29, 0.717) is 31.8 Å². The van der Waals surface area contributed by atoms with Crippen molar-refractivity contribution in [3.63, 3.8) is 0 Å². The molecule has 0 spiro atoms. The predicted octanol–water partition coefficient (Wildman–Crippen LogP) is 0.869. The van der Waals surface area contributed by atoms with Crippen LogP contribution in [0.1, 0.15) is 29.3 Å². The van der Waals surface area contributed by atoms with E-state index in [1.807, 2.05) is 0 Å². The molecule has 29 heavy (non-hydrogen) atoms. The van der Waals surface area contributed by atoms with Gasteiger partial charge >= 0.3 is 0 Å². The van der Waals surface area contributed by atoms with Crippen molar-refractivity contribution in [1.29, 1.82) is 0 Å². The van der Waals surface area contributed by atoms with Crippen LogP contribution in [0.3, 0.4) is 0 Å². The van der Waals surface area contributed by atoms with Gasteiger partial charge in [0.2, 0.25) is 5.44 Å². The summed E-state index contributed by atoms with van der Waals surface area (Å²) in [4.78, 5) is 2.11. The van der Waals surface area contributed by atoms with Crippen LogP contribution in [0.5, 0.6) is 0 Å². The summed E-state index contributed by atoms with van der Waals surface area (Å²) in [6, 6.07) is 2.74. The Hall–Kier alpha value is -1.92. The molecule has 5 rings (SSSR count). The lowest BCUT2D eigenvalue weighted by atomic mass is 9.93. The van der Waals surface area contributed by atoms with Crippen molar-refractivity contribution in [2.75, 3.05) is 13.2 Å². The Balaban J connectivity index is 1.26. The van der Waals surface area contributed by atoms with Crippen molar-refractivity contribution in [2.24, 2.45) is 5.73 Å². The quantitative estimate of drug-likeness (QED) is 0.724. The SMILES string of the molecule is N[C@H]1C[C@@H](N2Cc3cn(S(=O)(=O)C4CO4)nc3C2)CO[C@@H]1c1cc(F)ccc1F. The molecule has 4 atom stereocenters. The van der Waals surface area contributed by atoms with E-state index in [4.69, 9.17) is 15.2 Å². The van der Waals surface area contributed by atoms with E-state index >= 15 is 0 Å². The Morgan fingerprint density at radius 3 is 2.66 bits per heavy atom. The Morgan fingerprint density at radius 2 is 1.97 bits per heavy atom. The summed E-state index contributed by atoms with van der Waals surface area (Å²) in [5.74, 6) is -1.07. The molecular formula is C18H20F2N4O4S. The van der Waals surface area contributed by atoms with Gasteiger partial charge in [0.25, 0.3) is 10.0 Å². The maximum Gasteiger partial charge on any atom is 0.283 e. The van der Waals surface area contributed by atoms with Gasteiger partial charge in [-0.05, 0) is 24.6 Å². The summed E-state index contributed by atoms with van der Waals surface area (Å²) in [6.07, 6.45) is 1.36. The standard InChI is InChI=1S/C18H20F2N4O4S/c19-11-1-2-14(20)13(3-11)18-15(21)4-12(8-28-18)23-5-10-6-24(22-16(10)7-23)29(25,26)17-9-27-17/h1-3,6,12,15,17-18H,4-5,7-9,21H2/t12-,15+,17?,18-/m1/s1. The Kier molecular flexibility index (Phi) is 4.48. The monoisotopic (exact) mass is 426 g/mol. The number of halogens is 2. The number of hydrogen-bond acceptors (Lipinski definition) is 7. The van der Waals surface area contributed by atoms with Crippen LogP contribution in [0.4, 0.5) is 8.78 Å². The van der Waals surface area contributed by atoms with Crippen molar-refractivity contribution >= 4 is 10.0 Å². The molecule has 2 fully saturated rings. The smallest absolute Gasteiger partial charge is 0.283 e. The normalized spacial score (nSPS) is 29.8. The summed E-state index contributed by atoms with van der Waals surface area (Å²) in [7, 11) is -3.59. The van der Waals surface area contributed by atoms with Gasteiger partial charge in [-0.3, -0.25) is 4.90 Å². The van der Waals surface area contributed by atoms with Crippen molar-refractivity contribution in [2.45, 2.75) is 43.1 Å². The maximum atomic E-state index is 14.1. The van der Waals surface area contributed by atoms with Gasteiger partial charge in [-0.2, -0.15) is 9.19 Å². The molecule has 0 amide bonds. The van der Waals surface area contributed by atoms with Gasteiger partial charge in [-0.15, -0.1) is 0 Å². The van der Waals surface area contributed by atoms with Crippen LogP contribution in [-0.4, -0.2) is 53.2 Å². The highest BCUT2D eigenvalue weighted by atomic mass is 32.2. The van der Waals surface area contributed by atoms with Gasteiger partial charge in [-0.1, -0.05) is 0 Å². The van der Waals surface area contributed by atoms with E-state index in [1.54, 1.807) is 0 Å². The molecular weight excluding hydrogens is 406 g/mol. The number of ether oxygens (including phenoxy) is 2. The lowest BCUT2D eigenvalue weighted by molar-refractivity contribution is -0.0533. The molecule has 4 heterocycles. The van der Waals surface area contributed by atoms with Crippen molar-refractivity contribution < 1.29 is 26.7 Å². The second kappa shape index (κ2) is 6.81. The molecule has 1 aromatic carbocycles. The molecule has 2 aromatic rings. The summed E-state index contributed by atoms with van der Waals surface area (Å²) in [5.41, 5.74) is 7.09. The molecule has 3 aliphatic heterocycles. The Bertz CT molecular complexity index is 1030. The molecule has 0 radical (unpaired) electrons. The second-order valence-electron chi connectivity index (χ2n) is 7.66. The molecule has 2 saturated heterocycles. The summed E-state index contributed by atoms with van der Waals surface area (Å²) >= 11 is 0. The minimum absolute atomic E-state index is 0.0242. The van der Waals surface area contributed by atoms with Crippen LogP contribution < -0.4 is 5.73 Å². The molecule has 0 bridgehead atoms. The zero-order valence-electron chi connectivity index (χ0n) is 15.4. The third-order valence-corrected chi connectivity index (χ3v) is 7.31. The van der Waals surface area contributed by atoms with Gasteiger partial charge in [0, 0.05) is 42.5 Å². The van der Waals surface area contributed by atoms with Gasteiger partial charge in [0.05, 0.1) is 18.9 Å². The van der Waals surface area contributed by atoms with Crippen LogP contribution in [0.25, 0.3) is 0 Å². The molecule has 0 aliphatic carbocycles. The molecule has 156 valence electrons. The third kappa shape index (κ3) is 3.36. The number of aromatic nitrogens is 2. The maximum absolute atomic E-state index is 14.1. The predicted molar refractivity (Wildman–Crippen MR) is 97.0 cm³/mol. The first-order valence-electron chi connectivity index (χ1n) is 9.32. The minimum atomic E-state index is -3.59. The van der Waals surface area contributed by atoms with E-state index in [-0.39, 0.29) is 18.2 Å². The first-order chi connectivity index (χ1) is 13.8. The van der Waals surface area contributed by atoms with Crippen LogP contribution >= 0.6 is 0 Å². The zero-order valence-corrected chi connectivity index (χ0v) is 16.2. The molecule has 3 aliphatic rings. The number of nitrogens with zero attached hydrogens (tertiary/aromatic N) is 3. The zero-order chi connectivity index (χ0) is 20.3. The number of nitrogens with two attached hydrogens (primary N) is 1. The van der Waals surface area contributed by atoms with E-state index in [2.05, 4.69) is 10.00 Å². The molecule has 1 aromatic heterocycles. The number of fused-ring (bicyclic) bond motifs is 1.